The van der Waals surface area contributed by atoms with Crippen LogP contribution in [0.25, 0.3) is 0 Å². The van der Waals surface area contributed by atoms with E-state index in [1.54, 1.807) is 0 Å². The second-order valence-electron chi connectivity index (χ2n) is 7.83. The minimum Gasteiger partial charge on any atom is -0.465 e. The van der Waals surface area contributed by atoms with Crippen LogP contribution in [0.5, 0.6) is 0 Å². The third kappa shape index (κ3) is 4.68. The highest BCUT2D eigenvalue weighted by Crippen LogP contribution is 2.41. The Morgan fingerprint density at radius 3 is 2.46 bits per heavy atom. The summed E-state index contributed by atoms with van der Waals surface area (Å²) in [6.45, 7) is 9.45. The number of carbonyl (C=O) groups is 3. The minimum absolute atomic E-state index is 0.134. The van der Waals surface area contributed by atoms with E-state index in [9.17, 15) is 14.4 Å². The van der Waals surface area contributed by atoms with Crippen molar-refractivity contribution in [2.24, 2.45) is 29.6 Å². The molecule has 1 fully saturated rings. The molecule has 0 aromatic carbocycles. The second kappa shape index (κ2) is 7.95. The zero-order chi connectivity index (χ0) is 17.9. The molecule has 1 saturated carbocycles. The summed E-state index contributed by atoms with van der Waals surface area (Å²) in [6.07, 6.45) is 4.50. The molecule has 1 heterocycles. The lowest BCUT2D eigenvalue weighted by molar-refractivity contribution is -0.146. The summed E-state index contributed by atoms with van der Waals surface area (Å²) in [7, 11) is 0. The zero-order valence-electron chi connectivity index (χ0n) is 15.1. The van der Waals surface area contributed by atoms with Gasteiger partial charge in [0.2, 0.25) is 0 Å². The van der Waals surface area contributed by atoms with E-state index in [1.807, 2.05) is 0 Å². The maximum absolute atomic E-state index is 12.0. The molecule has 0 bridgehead atoms. The molecule has 2 unspecified atom stereocenters. The lowest BCUT2D eigenvalue weighted by atomic mass is 9.67. The van der Waals surface area contributed by atoms with Gasteiger partial charge in [0.25, 0.3) is 11.8 Å². The van der Waals surface area contributed by atoms with E-state index >= 15 is 0 Å². The molecule has 5 heteroatoms. The van der Waals surface area contributed by atoms with Gasteiger partial charge >= 0.3 is 5.97 Å². The fraction of sp³-hybridized carbons (Fsp3) is 0.737. The average Bonchev–Trinajstić information content (AvgIpc) is 2.82. The molecule has 3 atom stereocenters. The van der Waals surface area contributed by atoms with Crippen LogP contribution in [0.4, 0.5) is 0 Å². The SMILES string of the molecule is CC(C)C1CC[C@H](COC(=O)CC2=CC(=O)NC2=O)C(C(C)C)C1. The van der Waals surface area contributed by atoms with Crippen molar-refractivity contribution >= 4 is 17.8 Å². The molecule has 1 aliphatic carbocycles. The number of nitrogens with one attached hydrogen (secondary N) is 1. The van der Waals surface area contributed by atoms with E-state index in [2.05, 4.69) is 33.0 Å². The smallest absolute Gasteiger partial charge is 0.310 e. The van der Waals surface area contributed by atoms with Gasteiger partial charge in [0.15, 0.2) is 0 Å². The second-order valence-corrected chi connectivity index (χ2v) is 7.83. The van der Waals surface area contributed by atoms with Crippen LogP contribution in [-0.4, -0.2) is 24.4 Å². The van der Waals surface area contributed by atoms with Gasteiger partial charge in [0, 0.05) is 11.6 Å². The number of hydrogen-bond acceptors (Lipinski definition) is 4. The van der Waals surface area contributed by atoms with Crippen LogP contribution in [0.15, 0.2) is 11.6 Å². The van der Waals surface area contributed by atoms with Crippen LogP contribution in [0.2, 0.25) is 0 Å². The molecule has 0 aromatic heterocycles. The van der Waals surface area contributed by atoms with Gasteiger partial charge in [-0.1, -0.05) is 27.7 Å². The van der Waals surface area contributed by atoms with E-state index in [1.165, 1.54) is 18.9 Å². The minimum atomic E-state index is -0.491. The van der Waals surface area contributed by atoms with E-state index in [0.717, 1.165) is 12.3 Å². The molecule has 2 rings (SSSR count). The van der Waals surface area contributed by atoms with E-state index in [0.29, 0.717) is 30.3 Å². The Kier molecular flexibility index (Phi) is 6.19. The molecular weight excluding hydrogens is 306 g/mol. The highest BCUT2D eigenvalue weighted by molar-refractivity contribution is 6.17. The fourth-order valence-electron chi connectivity index (χ4n) is 3.92. The Balaban J connectivity index is 1.86. The zero-order valence-corrected chi connectivity index (χ0v) is 15.1. The van der Waals surface area contributed by atoms with Gasteiger partial charge in [-0.3, -0.25) is 19.7 Å². The number of esters is 1. The summed E-state index contributed by atoms with van der Waals surface area (Å²) in [5.74, 6) is 1.58. The van der Waals surface area contributed by atoms with Crippen LogP contribution in [-0.2, 0) is 19.1 Å². The summed E-state index contributed by atoms with van der Waals surface area (Å²) in [5, 5.41) is 2.14. The number of hydrogen-bond donors (Lipinski definition) is 1. The predicted octanol–water partition coefficient (Wildman–Crippen LogP) is 2.85. The summed E-state index contributed by atoms with van der Waals surface area (Å²) in [5.41, 5.74) is 0.189. The molecule has 134 valence electrons. The average molecular weight is 335 g/mol. The molecule has 1 N–H and O–H groups in total. The van der Waals surface area contributed by atoms with Crippen molar-refractivity contribution in [3.05, 3.63) is 11.6 Å². The Hall–Kier alpha value is -1.65. The van der Waals surface area contributed by atoms with Gasteiger partial charge in [-0.2, -0.15) is 0 Å². The maximum atomic E-state index is 12.0. The first-order chi connectivity index (χ1) is 11.3. The first-order valence-electron chi connectivity index (χ1n) is 8.99. The van der Waals surface area contributed by atoms with Crippen molar-refractivity contribution in [3.63, 3.8) is 0 Å². The number of rotatable bonds is 6. The fourth-order valence-corrected chi connectivity index (χ4v) is 3.92. The number of ether oxygens (including phenoxy) is 1. The molecular formula is C19H29NO4. The molecule has 5 nitrogen and oxygen atoms in total. The van der Waals surface area contributed by atoms with Crippen LogP contribution >= 0.6 is 0 Å². The number of amides is 2. The lowest BCUT2D eigenvalue weighted by Gasteiger charge is -2.39. The van der Waals surface area contributed by atoms with Crippen LogP contribution in [0, 0.1) is 29.6 Å². The monoisotopic (exact) mass is 335 g/mol. The van der Waals surface area contributed by atoms with Crippen LogP contribution in [0.3, 0.4) is 0 Å². The first kappa shape index (κ1) is 18.7. The summed E-state index contributed by atoms with van der Waals surface area (Å²) in [6, 6.07) is 0. The molecule has 2 amide bonds. The highest BCUT2D eigenvalue weighted by Gasteiger charge is 2.34. The standard InChI is InChI=1S/C19H29NO4/c1-11(2)13-5-6-14(16(7-13)12(3)4)10-24-18(22)9-15-8-17(21)20-19(15)23/h8,11-14,16H,5-7,9-10H2,1-4H3,(H,20,21,23)/t13?,14-,16?/m1/s1. The van der Waals surface area contributed by atoms with Gasteiger partial charge in [0.05, 0.1) is 13.0 Å². The number of imide groups is 1. The molecule has 0 radical (unpaired) electrons. The third-order valence-corrected chi connectivity index (χ3v) is 5.51. The third-order valence-electron chi connectivity index (χ3n) is 5.51. The van der Waals surface area contributed by atoms with E-state index in [4.69, 9.17) is 4.74 Å². The Labute approximate surface area is 144 Å². The topological polar surface area (TPSA) is 72.5 Å². The van der Waals surface area contributed by atoms with Crippen LogP contribution in [0.1, 0.15) is 53.4 Å². The van der Waals surface area contributed by atoms with Gasteiger partial charge < -0.3 is 4.74 Å². The predicted molar refractivity (Wildman–Crippen MR) is 90.8 cm³/mol. The summed E-state index contributed by atoms with van der Waals surface area (Å²) in [4.78, 5) is 34.5. The normalized spacial score (nSPS) is 27.4. The van der Waals surface area contributed by atoms with Crippen molar-refractivity contribution in [2.75, 3.05) is 6.61 Å². The molecule has 1 aliphatic heterocycles. The van der Waals surface area contributed by atoms with Crippen molar-refractivity contribution in [3.8, 4) is 0 Å². The van der Waals surface area contributed by atoms with Gasteiger partial charge in [0.1, 0.15) is 0 Å². The summed E-state index contributed by atoms with van der Waals surface area (Å²) < 4.78 is 5.43. The van der Waals surface area contributed by atoms with Crippen molar-refractivity contribution in [1.29, 1.82) is 0 Å². The molecule has 24 heavy (non-hydrogen) atoms. The van der Waals surface area contributed by atoms with Crippen molar-refractivity contribution in [1.82, 2.24) is 5.32 Å². The van der Waals surface area contributed by atoms with Crippen molar-refractivity contribution in [2.45, 2.75) is 53.4 Å². The molecule has 0 spiro atoms. The van der Waals surface area contributed by atoms with Crippen LogP contribution < -0.4 is 5.32 Å². The Bertz CT molecular complexity index is 535. The Morgan fingerprint density at radius 1 is 1.21 bits per heavy atom. The van der Waals surface area contributed by atoms with Gasteiger partial charge in [-0.25, -0.2) is 0 Å². The highest BCUT2D eigenvalue weighted by atomic mass is 16.5. The molecule has 0 aromatic rings. The van der Waals surface area contributed by atoms with Gasteiger partial charge in [-0.15, -0.1) is 0 Å². The van der Waals surface area contributed by atoms with E-state index in [-0.39, 0.29) is 12.0 Å². The summed E-state index contributed by atoms with van der Waals surface area (Å²) >= 11 is 0. The first-order valence-corrected chi connectivity index (χ1v) is 8.99. The number of carbonyl (C=O) groups excluding carboxylic acids is 3. The van der Waals surface area contributed by atoms with Gasteiger partial charge in [-0.05, 0) is 48.9 Å². The van der Waals surface area contributed by atoms with Crippen molar-refractivity contribution < 1.29 is 19.1 Å². The maximum Gasteiger partial charge on any atom is 0.310 e. The Morgan fingerprint density at radius 2 is 1.92 bits per heavy atom. The quantitative estimate of drug-likeness (QED) is 0.598. The lowest BCUT2D eigenvalue weighted by Crippen LogP contribution is -2.34. The largest absolute Gasteiger partial charge is 0.465 e. The van der Waals surface area contributed by atoms with E-state index < -0.39 is 17.8 Å². The molecule has 2 aliphatic rings. The molecule has 0 saturated heterocycles.